The number of H-pyrrole nitrogens is 1. The second-order valence-corrected chi connectivity index (χ2v) is 6.93. The van der Waals surface area contributed by atoms with Crippen molar-refractivity contribution < 1.29 is 9.18 Å². The van der Waals surface area contributed by atoms with Gasteiger partial charge in [0.1, 0.15) is 5.82 Å². The molecule has 9 heteroatoms. The Morgan fingerprint density at radius 1 is 1.41 bits per heavy atom. The zero-order chi connectivity index (χ0) is 19.6. The number of nitrogens with zero attached hydrogens (tertiary/aromatic N) is 1. The van der Waals surface area contributed by atoms with Crippen molar-refractivity contribution in [3.05, 3.63) is 46.1 Å². The number of primary amides is 1. The predicted molar refractivity (Wildman–Crippen MR) is 101 cm³/mol. The Balaban J connectivity index is 1.92. The normalized spacial score (nSPS) is 15.8. The van der Waals surface area contributed by atoms with Crippen molar-refractivity contribution in [3.63, 3.8) is 0 Å². The number of rotatable bonds is 8. The number of carbonyl (C=O) groups is 1. The summed E-state index contributed by atoms with van der Waals surface area (Å²) >= 11 is 0. The van der Waals surface area contributed by atoms with Crippen molar-refractivity contribution in [1.82, 2.24) is 9.97 Å². The van der Waals surface area contributed by atoms with E-state index in [9.17, 15) is 14.0 Å². The summed E-state index contributed by atoms with van der Waals surface area (Å²) in [5, 5.41) is 5.90. The maximum Gasteiger partial charge on any atom is 0.252 e. The van der Waals surface area contributed by atoms with Gasteiger partial charge in [-0.1, -0.05) is 12.8 Å². The molecule has 1 fully saturated rings. The highest BCUT2D eigenvalue weighted by Crippen LogP contribution is 2.35. The number of anilines is 3. The van der Waals surface area contributed by atoms with E-state index in [2.05, 4.69) is 20.6 Å². The Hall–Kier alpha value is -2.94. The summed E-state index contributed by atoms with van der Waals surface area (Å²) in [6.45, 7) is 1.85. The zero-order valence-corrected chi connectivity index (χ0v) is 15.0. The molecule has 3 rings (SSSR count). The standard InChI is InChI=1S/C18H23FN6O2/c1-9(20)14(6-10-2-3-10)24-18-13(19)8-12(16(21)27)17(25-18)23-11-4-5-22-15(26)7-11/h4-5,7-10,14H,2-3,6,20H2,1H3,(H2,21,27)(H3,22,23,24,25,26)/t9-,14+/m0/s1. The highest BCUT2D eigenvalue weighted by molar-refractivity contribution is 5.98. The summed E-state index contributed by atoms with van der Waals surface area (Å²) in [5.41, 5.74) is 11.3. The molecule has 27 heavy (non-hydrogen) atoms. The van der Waals surface area contributed by atoms with E-state index in [0.717, 1.165) is 25.3 Å². The summed E-state index contributed by atoms with van der Waals surface area (Å²) in [5.74, 6) is -0.888. The van der Waals surface area contributed by atoms with Gasteiger partial charge >= 0.3 is 0 Å². The lowest BCUT2D eigenvalue weighted by atomic mass is 10.0. The number of aromatic nitrogens is 2. The van der Waals surface area contributed by atoms with E-state index in [-0.39, 0.29) is 34.8 Å². The van der Waals surface area contributed by atoms with E-state index in [4.69, 9.17) is 11.5 Å². The van der Waals surface area contributed by atoms with Gasteiger partial charge in [0.05, 0.1) is 5.56 Å². The summed E-state index contributed by atoms with van der Waals surface area (Å²) < 4.78 is 14.5. The number of nitrogens with one attached hydrogen (secondary N) is 3. The molecule has 8 nitrogen and oxygen atoms in total. The second kappa shape index (κ2) is 7.75. The second-order valence-electron chi connectivity index (χ2n) is 6.93. The largest absolute Gasteiger partial charge is 0.365 e. The Morgan fingerprint density at radius 3 is 2.74 bits per heavy atom. The Labute approximate surface area is 155 Å². The van der Waals surface area contributed by atoms with Gasteiger partial charge in [0.2, 0.25) is 5.56 Å². The van der Waals surface area contributed by atoms with Gasteiger partial charge in [-0.15, -0.1) is 0 Å². The molecule has 0 saturated heterocycles. The van der Waals surface area contributed by atoms with Crippen LogP contribution in [0.2, 0.25) is 0 Å². The lowest BCUT2D eigenvalue weighted by molar-refractivity contribution is 0.100. The number of hydrogen-bond donors (Lipinski definition) is 5. The van der Waals surface area contributed by atoms with Crippen LogP contribution in [0.5, 0.6) is 0 Å². The molecule has 1 aliphatic rings. The number of pyridine rings is 2. The molecule has 144 valence electrons. The molecule has 7 N–H and O–H groups in total. The van der Waals surface area contributed by atoms with Crippen LogP contribution in [0.4, 0.5) is 21.7 Å². The number of carbonyl (C=O) groups excluding carboxylic acids is 1. The van der Waals surface area contributed by atoms with Gasteiger partial charge in [-0.05, 0) is 31.4 Å². The molecule has 0 aliphatic heterocycles. The van der Waals surface area contributed by atoms with Crippen molar-refractivity contribution in [2.24, 2.45) is 17.4 Å². The summed E-state index contributed by atoms with van der Waals surface area (Å²) in [6, 6.07) is 3.56. The van der Waals surface area contributed by atoms with Crippen LogP contribution in [-0.2, 0) is 0 Å². The van der Waals surface area contributed by atoms with Crippen molar-refractivity contribution in [1.29, 1.82) is 0 Å². The van der Waals surface area contributed by atoms with Crippen molar-refractivity contribution >= 4 is 23.2 Å². The van der Waals surface area contributed by atoms with E-state index in [0.29, 0.717) is 11.6 Å². The van der Waals surface area contributed by atoms with Crippen LogP contribution in [0, 0.1) is 11.7 Å². The molecule has 0 aromatic carbocycles. The molecule has 0 spiro atoms. The SMILES string of the molecule is C[C@H](N)[C@@H](CC1CC1)Nc1nc(Nc2cc[nH]c(=O)c2)c(C(N)=O)cc1F. The van der Waals surface area contributed by atoms with Gasteiger partial charge in [0.15, 0.2) is 11.6 Å². The first-order chi connectivity index (χ1) is 12.8. The fourth-order valence-electron chi connectivity index (χ4n) is 2.83. The summed E-state index contributed by atoms with van der Waals surface area (Å²) in [4.78, 5) is 29.8. The zero-order valence-electron chi connectivity index (χ0n) is 15.0. The van der Waals surface area contributed by atoms with E-state index in [1.165, 1.54) is 12.3 Å². The molecule has 0 radical (unpaired) electrons. The van der Waals surface area contributed by atoms with Crippen LogP contribution < -0.4 is 27.7 Å². The molecular weight excluding hydrogens is 351 g/mol. The Morgan fingerprint density at radius 2 is 2.15 bits per heavy atom. The molecule has 2 aromatic heterocycles. The molecule has 1 amide bonds. The highest BCUT2D eigenvalue weighted by atomic mass is 19.1. The minimum Gasteiger partial charge on any atom is -0.365 e. The van der Waals surface area contributed by atoms with Gasteiger partial charge in [-0.2, -0.15) is 0 Å². The summed E-state index contributed by atoms with van der Waals surface area (Å²) in [6.07, 6.45) is 4.57. The predicted octanol–water partition coefficient (Wildman–Crippen LogP) is 1.68. The van der Waals surface area contributed by atoms with Crippen LogP contribution in [0.1, 0.15) is 36.5 Å². The third-order valence-corrected chi connectivity index (χ3v) is 4.52. The van der Waals surface area contributed by atoms with E-state index >= 15 is 0 Å². The molecule has 2 atom stereocenters. The fraction of sp³-hybridized carbons (Fsp3) is 0.389. The van der Waals surface area contributed by atoms with Gasteiger partial charge in [0, 0.05) is 30.0 Å². The third kappa shape index (κ3) is 4.82. The van der Waals surface area contributed by atoms with Gasteiger partial charge in [-0.3, -0.25) is 9.59 Å². The van der Waals surface area contributed by atoms with Gasteiger partial charge < -0.3 is 27.1 Å². The highest BCUT2D eigenvalue weighted by Gasteiger charge is 2.28. The number of halogens is 1. The summed E-state index contributed by atoms with van der Waals surface area (Å²) in [7, 11) is 0. The first-order valence-corrected chi connectivity index (χ1v) is 8.81. The van der Waals surface area contributed by atoms with E-state index in [1.807, 2.05) is 6.92 Å². The fourth-order valence-corrected chi connectivity index (χ4v) is 2.83. The monoisotopic (exact) mass is 374 g/mol. The van der Waals surface area contributed by atoms with Crippen LogP contribution >= 0.6 is 0 Å². The minimum atomic E-state index is -0.831. The lowest BCUT2D eigenvalue weighted by Crippen LogP contribution is -2.39. The molecule has 2 aromatic rings. The Kier molecular flexibility index (Phi) is 5.41. The molecule has 1 aliphatic carbocycles. The third-order valence-electron chi connectivity index (χ3n) is 4.52. The first kappa shape index (κ1) is 18.8. The maximum absolute atomic E-state index is 14.5. The van der Waals surface area contributed by atoms with Crippen LogP contribution in [0.25, 0.3) is 0 Å². The van der Waals surface area contributed by atoms with Crippen LogP contribution in [-0.4, -0.2) is 28.0 Å². The number of hydrogen-bond acceptors (Lipinski definition) is 6. The number of amides is 1. The van der Waals surface area contributed by atoms with Gasteiger partial charge in [-0.25, -0.2) is 9.37 Å². The van der Waals surface area contributed by atoms with Crippen molar-refractivity contribution in [2.45, 2.75) is 38.3 Å². The van der Waals surface area contributed by atoms with Crippen LogP contribution in [0.15, 0.2) is 29.2 Å². The van der Waals surface area contributed by atoms with Crippen LogP contribution in [0.3, 0.4) is 0 Å². The molecule has 0 bridgehead atoms. The average molecular weight is 374 g/mol. The van der Waals surface area contributed by atoms with Crippen molar-refractivity contribution in [3.8, 4) is 0 Å². The number of aromatic amines is 1. The van der Waals surface area contributed by atoms with E-state index < -0.39 is 11.7 Å². The first-order valence-electron chi connectivity index (χ1n) is 8.81. The number of nitrogens with two attached hydrogens (primary N) is 2. The van der Waals surface area contributed by atoms with Crippen molar-refractivity contribution in [2.75, 3.05) is 10.6 Å². The Bertz CT molecular complexity index is 894. The van der Waals surface area contributed by atoms with Gasteiger partial charge in [0.25, 0.3) is 5.91 Å². The molecule has 1 saturated carbocycles. The quantitative estimate of drug-likeness (QED) is 0.476. The average Bonchev–Trinajstić information content (AvgIpc) is 3.40. The smallest absolute Gasteiger partial charge is 0.252 e. The molecule has 2 heterocycles. The molecular formula is C18H23FN6O2. The lowest BCUT2D eigenvalue weighted by Gasteiger charge is -2.23. The topological polar surface area (TPSA) is 139 Å². The maximum atomic E-state index is 14.5. The van der Waals surface area contributed by atoms with E-state index in [1.54, 1.807) is 6.07 Å². The minimum absolute atomic E-state index is 0.0182. The molecule has 0 unspecified atom stereocenters.